The number of hydrogen-bond acceptors (Lipinski definition) is 6. The number of nitrogens with zero attached hydrogens (tertiary/aromatic N) is 2. The van der Waals surface area contributed by atoms with Crippen molar-refractivity contribution < 1.29 is 19.0 Å². The third-order valence-electron chi connectivity index (χ3n) is 6.67. The minimum Gasteiger partial charge on any atom is -0.493 e. The third-order valence-corrected chi connectivity index (χ3v) is 6.67. The fourth-order valence-electron chi connectivity index (χ4n) is 4.58. The van der Waals surface area contributed by atoms with Crippen molar-refractivity contribution in [1.82, 2.24) is 15.2 Å². The van der Waals surface area contributed by atoms with E-state index in [0.29, 0.717) is 48.6 Å². The molecule has 0 saturated carbocycles. The summed E-state index contributed by atoms with van der Waals surface area (Å²) in [6.07, 6.45) is 4.13. The number of pyridine rings is 1. The highest BCUT2D eigenvalue weighted by Gasteiger charge is 2.20. The number of methoxy groups -OCH3 is 2. The van der Waals surface area contributed by atoms with Gasteiger partial charge in [0.2, 0.25) is 5.88 Å². The summed E-state index contributed by atoms with van der Waals surface area (Å²) < 4.78 is 16.6. The van der Waals surface area contributed by atoms with Crippen LogP contribution in [0.2, 0.25) is 0 Å². The van der Waals surface area contributed by atoms with Crippen molar-refractivity contribution in [2.45, 2.75) is 31.7 Å². The number of carbonyl (C=O) groups is 1. The van der Waals surface area contributed by atoms with E-state index in [-0.39, 0.29) is 5.91 Å². The Hall–Kier alpha value is -3.58. The molecule has 1 fully saturated rings. The number of hydrogen-bond donors (Lipinski definition) is 1. The van der Waals surface area contributed by atoms with Crippen molar-refractivity contribution in [3.8, 4) is 28.6 Å². The van der Waals surface area contributed by atoms with Crippen LogP contribution >= 0.6 is 0 Å². The zero-order valence-electron chi connectivity index (χ0n) is 21.3. The van der Waals surface area contributed by atoms with Crippen LogP contribution in [0.1, 0.15) is 35.2 Å². The van der Waals surface area contributed by atoms with Gasteiger partial charge in [-0.3, -0.25) is 4.79 Å². The molecule has 1 aliphatic rings. The molecule has 7 heteroatoms. The maximum atomic E-state index is 12.7. The fraction of sp³-hybridized carbons (Fsp3) is 0.379. The summed E-state index contributed by atoms with van der Waals surface area (Å²) in [6, 6.07) is 19.7. The second kappa shape index (κ2) is 12.4. The summed E-state index contributed by atoms with van der Waals surface area (Å²) in [5, 5.41) is 3.07. The van der Waals surface area contributed by atoms with Crippen LogP contribution in [0.5, 0.6) is 17.4 Å². The van der Waals surface area contributed by atoms with E-state index < -0.39 is 0 Å². The lowest BCUT2D eigenvalue weighted by molar-refractivity contribution is 0.0950. The quantitative estimate of drug-likeness (QED) is 0.424. The molecular formula is C29H35N3O4. The number of nitrogens with one attached hydrogen (secondary N) is 1. The maximum Gasteiger partial charge on any atom is 0.251 e. The van der Waals surface area contributed by atoms with Gasteiger partial charge in [0.15, 0.2) is 11.5 Å². The molecule has 1 unspecified atom stereocenters. The van der Waals surface area contributed by atoms with Crippen LogP contribution in [0.3, 0.4) is 0 Å². The highest BCUT2D eigenvalue weighted by Crippen LogP contribution is 2.28. The maximum absolute atomic E-state index is 12.7. The van der Waals surface area contributed by atoms with Gasteiger partial charge in [-0.25, -0.2) is 4.98 Å². The van der Waals surface area contributed by atoms with E-state index in [1.165, 1.54) is 12.8 Å². The standard InChI is InChI=1S/C29H35N3O4/c1-32-17-6-9-24(32)14-16-30-29(33)23-8-4-7-22(20-23)25-10-5-11-28(31-25)36-18-15-21-12-13-26(34-2)27(19-21)35-3/h4-5,7-8,10-13,19-20,24H,6,9,14-18H2,1-3H3,(H,30,33). The summed E-state index contributed by atoms with van der Waals surface area (Å²) >= 11 is 0. The van der Waals surface area contributed by atoms with Crippen LogP contribution in [0.4, 0.5) is 0 Å². The van der Waals surface area contributed by atoms with Gasteiger partial charge in [0, 0.05) is 36.2 Å². The summed E-state index contributed by atoms with van der Waals surface area (Å²) in [5.74, 6) is 1.89. The Bertz CT molecular complexity index is 1170. The van der Waals surface area contributed by atoms with Crippen LogP contribution in [0.25, 0.3) is 11.3 Å². The molecule has 0 aliphatic carbocycles. The summed E-state index contributed by atoms with van der Waals surface area (Å²) in [4.78, 5) is 19.8. The molecule has 1 aliphatic heterocycles. The first-order valence-electron chi connectivity index (χ1n) is 12.5. The summed E-state index contributed by atoms with van der Waals surface area (Å²) in [6.45, 7) is 2.30. The number of benzene rings is 2. The lowest BCUT2D eigenvalue weighted by Gasteiger charge is -2.19. The van der Waals surface area contributed by atoms with Crippen molar-refractivity contribution >= 4 is 5.91 Å². The molecule has 1 atom stereocenters. The van der Waals surface area contributed by atoms with E-state index in [9.17, 15) is 4.79 Å². The Kier molecular flexibility index (Phi) is 8.79. The fourth-order valence-corrected chi connectivity index (χ4v) is 4.58. The second-order valence-electron chi connectivity index (χ2n) is 9.05. The van der Waals surface area contributed by atoms with Crippen LogP contribution in [0, 0.1) is 0 Å². The van der Waals surface area contributed by atoms with Gasteiger partial charge >= 0.3 is 0 Å². The Morgan fingerprint density at radius 1 is 1.06 bits per heavy atom. The van der Waals surface area contributed by atoms with Gasteiger partial charge in [-0.05, 0) is 68.8 Å². The Morgan fingerprint density at radius 2 is 1.89 bits per heavy atom. The molecule has 1 saturated heterocycles. The van der Waals surface area contributed by atoms with Crippen molar-refractivity contribution in [2.24, 2.45) is 0 Å². The highest BCUT2D eigenvalue weighted by atomic mass is 16.5. The van der Waals surface area contributed by atoms with Gasteiger partial charge in [-0.2, -0.15) is 0 Å². The monoisotopic (exact) mass is 489 g/mol. The van der Waals surface area contributed by atoms with Crippen LogP contribution in [-0.4, -0.2) is 62.8 Å². The average molecular weight is 490 g/mol. The Morgan fingerprint density at radius 3 is 2.67 bits per heavy atom. The van der Waals surface area contributed by atoms with Crippen LogP contribution < -0.4 is 19.5 Å². The molecule has 2 aromatic carbocycles. The summed E-state index contributed by atoms with van der Waals surface area (Å²) in [5.41, 5.74) is 3.36. The molecule has 4 rings (SSSR count). The van der Waals surface area contributed by atoms with Crippen LogP contribution in [0.15, 0.2) is 60.7 Å². The first-order chi connectivity index (χ1) is 17.6. The largest absolute Gasteiger partial charge is 0.493 e. The minimum absolute atomic E-state index is 0.0557. The molecule has 1 N–H and O–H groups in total. The van der Waals surface area contributed by atoms with Crippen molar-refractivity contribution in [2.75, 3.05) is 41.0 Å². The van der Waals surface area contributed by atoms with E-state index >= 15 is 0 Å². The van der Waals surface area contributed by atoms with Crippen molar-refractivity contribution in [1.29, 1.82) is 0 Å². The number of aromatic nitrogens is 1. The van der Waals surface area contributed by atoms with Gasteiger partial charge in [0.25, 0.3) is 5.91 Å². The van der Waals surface area contributed by atoms with Crippen molar-refractivity contribution in [3.63, 3.8) is 0 Å². The van der Waals surface area contributed by atoms with E-state index in [1.54, 1.807) is 14.2 Å². The van der Waals surface area contributed by atoms with E-state index in [4.69, 9.17) is 14.2 Å². The lowest BCUT2D eigenvalue weighted by atomic mass is 10.1. The first-order valence-corrected chi connectivity index (χ1v) is 12.5. The number of rotatable bonds is 11. The molecule has 1 aromatic heterocycles. The molecular weight excluding hydrogens is 454 g/mol. The van der Waals surface area contributed by atoms with Gasteiger partial charge in [0.1, 0.15) is 0 Å². The normalized spacial score (nSPS) is 15.5. The Labute approximate surface area is 213 Å². The first kappa shape index (κ1) is 25.5. The third kappa shape index (κ3) is 6.55. The molecule has 2 heterocycles. The van der Waals surface area contributed by atoms with Gasteiger partial charge in [0.05, 0.1) is 26.5 Å². The summed E-state index contributed by atoms with van der Waals surface area (Å²) in [7, 11) is 5.41. The minimum atomic E-state index is -0.0557. The molecule has 7 nitrogen and oxygen atoms in total. The predicted molar refractivity (Wildman–Crippen MR) is 141 cm³/mol. The van der Waals surface area contributed by atoms with Gasteiger partial charge in [-0.15, -0.1) is 0 Å². The molecule has 0 bridgehead atoms. The predicted octanol–water partition coefficient (Wildman–Crippen LogP) is 4.60. The topological polar surface area (TPSA) is 72.9 Å². The number of ether oxygens (including phenoxy) is 3. The second-order valence-corrected chi connectivity index (χ2v) is 9.05. The SMILES string of the molecule is COc1ccc(CCOc2cccc(-c3cccc(C(=O)NCCC4CCCN4C)c3)n2)cc1OC. The molecule has 3 aromatic rings. The smallest absolute Gasteiger partial charge is 0.251 e. The number of amides is 1. The van der Waals surface area contributed by atoms with Gasteiger partial charge < -0.3 is 24.4 Å². The lowest BCUT2D eigenvalue weighted by Crippen LogP contribution is -2.31. The molecule has 36 heavy (non-hydrogen) atoms. The average Bonchev–Trinajstić information content (AvgIpc) is 3.33. The zero-order chi connectivity index (χ0) is 25.3. The molecule has 190 valence electrons. The molecule has 0 spiro atoms. The Balaban J connectivity index is 1.33. The van der Waals surface area contributed by atoms with Crippen LogP contribution in [-0.2, 0) is 6.42 Å². The van der Waals surface area contributed by atoms with E-state index in [0.717, 1.165) is 29.8 Å². The number of likely N-dealkylation sites (tertiary alicyclic amines) is 1. The molecule has 1 amide bonds. The van der Waals surface area contributed by atoms with E-state index in [2.05, 4.69) is 22.2 Å². The van der Waals surface area contributed by atoms with E-state index in [1.807, 2.05) is 60.7 Å². The zero-order valence-corrected chi connectivity index (χ0v) is 21.3. The van der Waals surface area contributed by atoms with Crippen molar-refractivity contribution in [3.05, 3.63) is 71.8 Å². The highest BCUT2D eigenvalue weighted by molar-refractivity contribution is 5.95. The molecule has 0 radical (unpaired) electrons. The van der Waals surface area contributed by atoms with Gasteiger partial charge in [-0.1, -0.05) is 24.3 Å². The number of carbonyl (C=O) groups excluding carboxylic acids is 1.